The van der Waals surface area contributed by atoms with E-state index < -0.39 is 0 Å². The van der Waals surface area contributed by atoms with Crippen molar-refractivity contribution in [3.63, 3.8) is 0 Å². The van der Waals surface area contributed by atoms with Gasteiger partial charge in [-0.05, 0) is 31.7 Å². The smallest absolute Gasteiger partial charge is 0.321 e. The second-order valence-electron chi connectivity index (χ2n) is 4.28. The number of rotatable bonds is 2. The largest absolute Gasteiger partial charge is 0.323 e. The number of urea groups is 1. The summed E-state index contributed by atoms with van der Waals surface area (Å²) in [7, 11) is 1.91. The number of benzene rings is 1. The van der Waals surface area contributed by atoms with Crippen molar-refractivity contribution in [2.24, 2.45) is 0 Å². The third-order valence-electron chi connectivity index (χ3n) is 3.05. The highest BCUT2D eigenvalue weighted by atomic mass is 35.5. The Labute approximate surface area is 116 Å². The number of hydrogen-bond acceptors (Lipinski definition) is 2. The van der Waals surface area contributed by atoms with Crippen LogP contribution in [0.3, 0.4) is 0 Å². The molecule has 1 saturated heterocycles. The average molecular weight is 288 g/mol. The van der Waals surface area contributed by atoms with E-state index in [1.54, 1.807) is 23.1 Å². The number of amides is 2. The molecular formula is C12H15Cl2N3O. The Balaban J connectivity index is 1.97. The molecule has 0 radical (unpaired) electrons. The lowest BCUT2D eigenvalue weighted by Gasteiger charge is -2.17. The first kappa shape index (κ1) is 13.5. The minimum atomic E-state index is -0.105. The number of carbonyl (C=O) groups is 1. The van der Waals surface area contributed by atoms with E-state index in [0.717, 1.165) is 19.5 Å². The summed E-state index contributed by atoms with van der Waals surface area (Å²) in [5, 5.41) is 6.89. The van der Waals surface area contributed by atoms with Crippen LogP contribution in [0.2, 0.25) is 10.0 Å². The van der Waals surface area contributed by atoms with Gasteiger partial charge >= 0.3 is 6.03 Å². The first-order valence-corrected chi connectivity index (χ1v) is 6.54. The summed E-state index contributed by atoms with van der Waals surface area (Å²) < 4.78 is 0. The van der Waals surface area contributed by atoms with Crippen LogP contribution in [0.1, 0.15) is 6.42 Å². The maximum absolute atomic E-state index is 12.0. The van der Waals surface area contributed by atoms with Gasteiger partial charge in [0.1, 0.15) is 0 Å². The summed E-state index contributed by atoms with van der Waals surface area (Å²) in [6.45, 7) is 1.49. The summed E-state index contributed by atoms with van der Waals surface area (Å²) in [6, 6.07) is 5.32. The van der Waals surface area contributed by atoms with Gasteiger partial charge < -0.3 is 15.5 Å². The lowest BCUT2D eigenvalue weighted by Crippen LogP contribution is -2.36. The van der Waals surface area contributed by atoms with Crippen molar-refractivity contribution in [3.8, 4) is 0 Å². The van der Waals surface area contributed by atoms with Crippen LogP contribution in [-0.2, 0) is 0 Å². The first-order chi connectivity index (χ1) is 8.60. The SMILES string of the molecule is CNC1CCN(C(=O)Nc2ccc(Cl)c(Cl)c2)C1. The molecule has 0 spiro atoms. The highest BCUT2D eigenvalue weighted by molar-refractivity contribution is 6.42. The third-order valence-corrected chi connectivity index (χ3v) is 3.79. The quantitative estimate of drug-likeness (QED) is 0.879. The van der Waals surface area contributed by atoms with Crippen LogP contribution in [0.25, 0.3) is 0 Å². The minimum Gasteiger partial charge on any atom is -0.323 e. The Hall–Kier alpha value is -0.970. The van der Waals surface area contributed by atoms with E-state index in [4.69, 9.17) is 23.2 Å². The molecular weight excluding hydrogens is 273 g/mol. The first-order valence-electron chi connectivity index (χ1n) is 5.78. The van der Waals surface area contributed by atoms with E-state index in [1.165, 1.54) is 0 Å². The van der Waals surface area contributed by atoms with Crippen LogP contribution in [0.4, 0.5) is 10.5 Å². The molecule has 2 N–H and O–H groups in total. The number of hydrogen-bond donors (Lipinski definition) is 2. The predicted molar refractivity (Wildman–Crippen MR) is 74.5 cm³/mol. The van der Waals surface area contributed by atoms with Crippen molar-refractivity contribution in [1.29, 1.82) is 0 Å². The van der Waals surface area contributed by atoms with Gasteiger partial charge in [0.2, 0.25) is 0 Å². The Morgan fingerprint density at radius 2 is 2.17 bits per heavy atom. The summed E-state index contributed by atoms with van der Waals surface area (Å²) in [5.41, 5.74) is 0.655. The molecule has 0 bridgehead atoms. The van der Waals surface area contributed by atoms with Gasteiger partial charge in [0.15, 0.2) is 0 Å². The maximum Gasteiger partial charge on any atom is 0.321 e. The second-order valence-corrected chi connectivity index (χ2v) is 5.09. The molecule has 0 aliphatic carbocycles. The zero-order valence-corrected chi connectivity index (χ0v) is 11.6. The Kier molecular flexibility index (Phi) is 4.32. The van der Waals surface area contributed by atoms with Crippen molar-refractivity contribution in [3.05, 3.63) is 28.2 Å². The van der Waals surface area contributed by atoms with Crippen molar-refractivity contribution < 1.29 is 4.79 Å². The lowest BCUT2D eigenvalue weighted by molar-refractivity contribution is 0.221. The fraction of sp³-hybridized carbons (Fsp3) is 0.417. The average Bonchev–Trinajstić information content (AvgIpc) is 2.82. The number of carbonyl (C=O) groups excluding carboxylic acids is 1. The number of anilines is 1. The van der Waals surface area contributed by atoms with Crippen LogP contribution in [-0.4, -0.2) is 37.1 Å². The van der Waals surface area contributed by atoms with Gasteiger partial charge in [0, 0.05) is 24.8 Å². The molecule has 1 aromatic carbocycles. The van der Waals surface area contributed by atoms with E-state index in [2.05, 4.69) is 10.6 Å². The monoisotopic (exact) mass is 287 g/mol. The zero-order valence-electron chi connectivity index (χ0n) is 10.0. The topological polar surface area (TPSA) is 44.4 Å². The molecule has 6 heteroatoms. The maximum atomic E-state index is 12.0. The normalized spacial score (nSPS) is 19.1. The molecule has 1 aliphatic heterocycles. The molecule has 1 unspecified atom stereocenters. The summed E-state index contributed by atoms with van der Waals surface area (Å²) >= 11 is 11.7. The highest BCUT2D eigenvalue weighted by Crippen LogP contribution is 2.25. The Morgan fingerprint density at radius 1 is 1.39 bits per heavy atom. The lowest BCUT2D eigenvalue weighted by atomic mass is 10.3. The standard InChI is InChI=1S/C12H15Cl2N3O/c1-15-9-4-5-17(7-9)12(18)16-8-2-3-10(13)11(14)6-8/h2-3,6,9,15H,4-5,7H2,1H3,(H,16,18). The number of nitrogens with one attached hydrogen (secondary N) is 2. The summed E-state index contributed by atoms with van der Waals surface area (Å²) in [6.07, 6.45) is 0.977. The van der Waals surface area contributed by atoms with Crippen molar-refractivity contribution in [2.45, 2.75) is 12.5 Å². The molecule has 1 heterocycles. The minimum absolute atomic E-state index is 0.105. The predicted octanol–water partition coefficient (Wildman–Crippen LogP) is 2.82. The van der Waals surface area contributed by atoms with Gasteiger partial charge in [-0.2, -0.15) is 0 Å². The van der Waals surface area contributed by atoms with Gasteiger partial charge in [-0.1, -0.05) is 23.2 Å². The molecule has 2 amide bonds. The molecule has 4 nitrogen and oxygen atoms in total. The summed E-state index contributed by atoms with van der Waals surface area (Å²) in [4.78, 5) is 13.8. The fourth-order valence-corrected chi connectivity index (χ4v) is 2.25. The van der Waals surface area contributed by atoms with Crippen LogP contribution in [0, 0.1) is 0 Å². The van der Waals surface area contributed by atoms with Gasteiger partial charge in [0.05, 0.1) is 10.0 Å². The molecule has 1 aliphatic rings. The van der Waals surface area contributed by atoms with Gasteiger partial charge in [-0.3, -0.25) is 0 Å². The summed E-state index contributed by atoms with van der Waals surface area (Å²) in [5.74, 6) is 0. The van der Waals surface area contributed by atoms with Gasteiger partial charge in [-0.15, -0.1) is 0 Å². The van der Waals surface area contributed by atoms with Crippen LogP contribution in [0.5, 0.6) is 0 Å². The third kappa shape index (κ3) is 3.07. The van der Waals surface area contributed by atoms with E-state index in [1.807, 2.05) is 7.05 Å². The molecule has 1 aromatic rings. The zero-order chi connectivity index (χ0) is 13.1. The molecule has 98 valence electrons. The molecule has 0 aromatic heterocycles. The van der Waals surface area contributed by atoms with Gasteiger partial charge in [-0.25, -0.2) is 4.79 Å². The highest BCUT2D eigenvalue weighted by Gasteiger charge is 2.24. The van der Waals surface area contributed by atoms with Crippen molar-refractivity contribution in [1.82, 2.24) is 10.2 Å². The Bertz CT molecular complexity index is 453. The van der Waals surface area contributed by atoms with Crippen LogP contribution >= 0.6 is 23.2 Å². The number of likely N-dealkylation sites (tertiary alicyclic amines) is 1. The fourth-order valence-electron chi connectivity index (χ4n) is 1.96. The molecule has 1 fully saturated rings. The van der Waals surface area contributed by atoms with Gasteiger partial charge in [0.25, 0.3) is 0 Å². The molecule has 18 heavy (non-hydrogen) atoms. The number of nitrogens with zero attached hydrogens (tertiary/aromatic N) is 1. The molecule has 1 atom stereocenters. The van der Waals surface area contributed by atoms with E-state index in [9.17, 15) is 4.79 Å². The van der Waals surface area contributed by atoms with Crippen molar-refractivity contribution in [2.75, 3.05) is 25.5 Å². The number of halogens is 2. The van der Waals surface area contributed by atoms with Crippen LogP contribution < -0.4 is 10.6 Å². The number of likely N-dealkylation sites (N-methyl/N-ethyl adjacent to an activating group) is 1. The van der Waals surface area contributed by atoms with Crippen LogP contribution in [0.15, 0.2) is 18.2 Å². The second kappa shape index (κ2) is 5.78. The molecule has 0 saturated carbocycles. The van der Waals surface area contributed by atoms with Crippen molar-refractivity contribution >= 4 is 34.9 Å². The van der Waals surface area contributed by atoms with E-state index >= 15 is 0 Å². The Morgan fingerprint density at radius 3 is 2.78 bits per heavy atom. The van der Waals surface area contributed by atoms with E-state index in [0.29, 0.717) is 21.8 Å². The molecule has 2 rings (SSSR count). The van der Waals surface area contributed by atoms with E-state index in [-0.39, 0.29) is 6.03 Å².